The van der Waals surface area contributed by atoms with E-state index >= 15 is 0 Å². The van der Waals surface area contributed by atoms with Crippen LogP contribution < -0.4 is 5.73 Å². The molecule has 0 aliphatic rings. The molecule has 0 spiro atoms. The Hall–Kier alpha value is -2.46. The van der Waals surface area contributed by atoms with Gasteiger partial charge in [0.1, 0.15) is 0 Å². The fourth-order valence-corrected chi connectivity index (χ4v) is 4.76. The van der Waals surface area contributed by atoms with Crippen LogP contribution in [0.2, 0.25) is 0 Å². The highest BCUT2D eigenvalue weighted by atomic mass is 15.3. The van der Waals surface area contributed by atoms with Crippen LogP contribution in [-0.4, -0.2) is 14.8 Å². The topological polar surface area (TPSA) is 56.7 Å². The summed E-state index contributed by atoms with van der Waals surface area (Å²) >= 11 is 0. The molecule has 1 aromatic heterocycles. The van der Waals surface area contributed by atoms with Crippen LogP contribution in [0.5, 0.6) is 0 Å². The summed E-state index contributed by atoms with van der Waals surface area (Å²) in [6.45, 7) is 4.89. The molecule has 190 valence electrons. The fourth-order valence-electron chi connectivity index (χ4n) is 4.76. The summed E-state index contributed by atoms with van der Waals surface area (Å²) in [6, 6.07) is 17.6. The number of hydrogen-bond acceptors (Lipinski definition) is 3. The first-order valence-electron chi connectivity index (χ1n) is 14.1. The maximum absolute atomic E-state index is 6.14. The van der Waals surface area contributed by atoms with Crippen molar-refractivity contribution in [2.24, 2.45) is 5.73 Å². The van der Waals surface area contributed by atoms with Gasteiger partial charge in [-0.3, -0.25) is 4.57 Å². The van der Waals surface area contributed by atoms with Crippen molar-refractivity contribution in [3.63, 3.8) is 0 Å². The van der Waals surface area contributed by atoms with Gasteiger partial charge in [-0.15, -0.1) is 10.2 Å². The lowest BCUT2D eigenvalue weighted by molar-refractivity contribution is 0.607. The molecule has 0 amide bonds. The lowest BCUT2D eigenvalue weighted by Crippen LogP contribution is -2.10. The van der Waals surface area contributed by atoms with Crippen LogP contribution in [0, 0.1) is 0 Å². The van der Waals surface area contributed by atoms with E-state index in [1.165, 1.54) is 88.2 Å². The maximum atomic E-state index is 6.14. The van der Waals surface area contributed by atoms with Crippen LogP contribution in [0.4, 0.5) is 0 Å². The molecule has 0 fully saturated rings. The number of aromatic nitrogens is 3. The van der Waals surface area contributed by atoms with E-state index in [0.29, 0.717) is 6.67 Å². The molecule has 0 unspecified atom stereocenters. The summed E-state index contributed by atoms with van der Waals surface area (Å²) in [5.74, 6) is 1.68. The monoisotopic (exact) mass is 474 g/mol. The summed E-state index contributed by atoms with van der Waals surface area (Å²) in [6.07, 6.45) is 18.3. The van der Waals surface area contributed by atoms with Gasteiger partial charge in [0, 0.05) is 11.1 Å². The van der Waals surface area contributed by atoms with Gasteiger partial charge in [-0.25, -0.2) is 0 Å². The van der Waals surface area contributed by atoms with Gasteiger partial charge in [0.2, 0.25) is 0 Å². The first kappa shape index (κ1) is 27.1. The second kappa shape index (κ2) is 15.5. The van der Waals surface area contributed by atoms with Crippen LogP contribution in [-0.2, 0) is 19.5 Å². The molecule has 0 bridgehead atoms. The van der Waals surface area contributed by atoms with Crippen LogP contribution in [0.3, 0.4) is 0 Å². The molecule has 35 heavy (non-hydrogen) atoms. The van der Waals surface area contributed by atoms with Gasteiger partial charge in [-0.1, -0.05) is 127 Å². The normalized spacial score (nSPS) is 11.3. The molecule has 0 aliphatic carbocycles. The van der Waals surface area contributed by atoms with Crippen molar-refractivity contribution in [3.8, 4) is 22.8 Å². The maximum Gasteiger partial charge on any atom is 0.165 e. The van der Waals surface area contributed by atoms with E-state index < -0.39 is 0 Å². The minimum Gasteiger partial charge on any atom is -0.313 e. The van der Waals surface area contributed by atoms with E-state index in [1.807, 2.05) is 4.57 Å². The van der Waals surface area contributed by atoms with E-state index in [2.05, 4.69) is 72.6 Å². The van der Waals surface area contributed by atoms with Crippen molar-refractivity contribution < 1.29 is 0 Å². The smallest absolute Gasteiger partial charge is 0.165 e. The van der Waals surface area contributed by atoms with E-state index in [1.54, 1.807) is 0 Å². The van der Waals surface area contributed by atoms with E-state index in [4.69, 9.17) is 5.73 Å². The van der Waals surface area contributed by atoms with Crippen LogP contribution in [0.1, 0.15) is 102 Å². The summed E-state index contributed by atoms with van der Waals surface area (Å²) in [4.78, 5) is 0. The first-order valence-corrected chi connectivity index (χ1v) is 14.1. The third-order valence-corrected chi connectivity index (χ3v) is 7.00. The van der Waals surface area contributed by atoms with Gasteiger partial charge in [-0.05, 0) is 36.8 Å². The molecule has 1 heterocycles. The Kier molecular flexibility index (Phi) is 12.0. The van der Waals surface area contributed by atoms with Crippen LogP contribution in [0.15, 0.2) is 48.5 Å². The van der Waals surface area contributed by atoms with E-state index in [9.17, 15) is 0 Å². The predicted octanol–water partition coefficient (Wildman–Crippen LogP) is 8.33. The number of nitrogens with two attached hydrogens (primary N) is 1. The Labute approximate surface area is 213 Å². The molecule has 0 aliphatic heterocycles. The van der Waals surface area contributed by atoms with Gasteiger partial charge in [0.25, 0.3) is 0 Å². The molecule has 0 saturated carbocycles. The second-order valence-corrected chi connectivity index (χ2v) is 9.89. The summed E-state index contributed by atoms with van der Waals surface area (Å²) in [5, 5.41) is 9.02. The van der Waals surface area contributed by atoms with Gasteiger partial charge < -0.3 is 5.73 Å². The molecule has 4 nitrogen and oxygen atoms in total. The highest BCUT2D eigenvalue weighted by Gasteiger charge is 2.14. The largest absolute Gasteiger partial charge is 0.313 e. The molecule has 3 rings (SSSR count). The minimum atomic E-state index is 0.358. The zero-order chi connectivity index (χ0) is 24.7. The van der Waals surface area contributed by atoms with Gasteiger partial charge >= 0.3 is 0 Å². The molecule has 0 atom stereocenters. The Morgan fingerprint density at radius 2 is 0.914 bits per heavy atom. The zero-order valence-electron chi connectivity index (χ0n) is 22.1. The third-order valence-electron chi connectivity index (χ3n) is 7.00. The van der Waals surface area contributed by atoms with Gasteiger partial charge in [-0.2, -0.15) is 0 Å². The Morgan fingerprint density at radius 1 is 0.543 bits per heavy atom. The average molecular weight is 475 g/mol. The number of benzene rings is 2. The molecule has 0 saturated heterocycles. The number of rotatable bonds is 17. The van der Waals surface area contributed by atoms with E-state index in [-0.39, 0.29) is 0 Å². The molecule has 2 N–H and O–H groups in total. The van der Waals surface area contributed by atoms with Crippen molar-refractivity contribution in [2.75, 3.05) is 0 Å². The zero-order valence-corrected chi connectivity index (χ0v) is 22.1. The van der Waals surface area contributed by atoms with Crippen molar-refractivity contribution in [2.45, 2.75) is 110 Å². The van der Waals surface area contributed by atoms with Crippen molar-refractivity contribution >= 4 is 0 Å². The Morgan fingerprint density at radius 3 is 1.29 bits per heavy atom. The van der Waals surface area contributed by atoms with Crippen LogP contribution >= 0.6 is 0 Å². The lowest BCUT2D eigenvalue weighted by atomic mass is 10.0. The summed E-state index contributed by atoms with van der Waals surface area (Å²) in [5.41, 5.74) is 11.1. The van der Waals surface area contributed by atoms with Crippen molar-refractivity contribution in [3.05, 3.63) is 59.7 Å². The predicted molar refractivity (Wildman–Crippen MR) is 149 cm³/mol. The SMILES string of the molecule is CCCCCCCCc1ccc(-c2nnc(-c3ccc(CCCCCCCC)cc3)n2CN)cc1. The lowest BCUT2D eigenvalue weighted by Gasteiger charge is -2.09. The van der Waals surface area contributed by atoms with E-state index in [0.717, 1.165) is 35.6 Å². The molecule has 3 aromatic rings. The van der Waals surface area contributed by atoms with Crippen molar-refractivity contribution in [1.29, 1.82) is 0 Å². The standard InChI is InChI=1S/C31H46N4/c1-3-5-7-9-11-13-15-26-17-21-28(22-18-26)30-33-34-31(35(30)25-32)29-23-19-27(20-24-29)16-14-12-10-8-6-4-2/h17-24H,3-16,25,32H2,1-2H3. The Bertz CT molecular complexity index is 880. The third kappa shape index (κ3) is 8.61. The number of aryl methyl sites for hydroxylation is 2. The number of nitrogens with zero attached hydrogens (tertiary/aromatic N) is 3. The quantitative estimate of drug-likeness (QED) is 0.200. The fraction of sp³-hybridized carbons (Fsp3) is 0.548. The molecule has 2 aromatic carbocycles. The molecule has 0 radical (unpaired) electrons. The second-order valence-electron chi connectivity index (χ2n) is 9.89. The first-order chi connectivity index (χ1) is 17.3. The highest BCUT2D eigenvalue weighted by Crippen LogP contribution is 2.25. The van der Waals surface area contributed by atoms with Gasteiger partial charge in [0.05, 0.1) is 6.67 Å². The number of hydrogen-bond donors (Lipinski definition) is 1. The highest BCUT2D eigenvalue weighted by molar-refractivity contribution is 5.63. The van der Waals surface area contributed by atoms with Crippen molar-refractivity contribution in [1.82, 2.24) is 14.8 Å². The molecule has 4 heteroatoms. The summed E-state index contributed by atoms with van der Waals surface area (Å²) < 4.78 is 2.02. The molecular formula is C31H46N4. The Balaban J connectivity index is 1.56. The average Bonchev–Trinajstić information content (AvgIpc) is 3.33. The summed E-state index contributed by atoms with van der Waals surface area (Å²) in [7, 11) is 0. The minimum absolute atomic E-state index is 0.358. The molecular weight excluding hydrogens is 428 g/mol. The number of unbranched alkanes of at least 4 members (excludes halogenated alkanes) is 10. The van der Waals surface area contributed by atoms with Gasteiger partial charge in [0.15, 0.2) is 11.6 Å². The van der Waals surface area contributed by atoms with Crippen LogP contribution in [0.25, 0.3) is 22.8 Å².